The zero-order valence-corrected chi connectivity index (χ0v) is 15.3. The first kappa shape index (κ1) is 15.7. The molecule has 3 nitrogen and oxygen atoms in total. The van der Waals surface area contributed by atoms with Crippen molar-refractivity contribution in [1.29, 1.82) is 0 Å². The molecule has 1 heterocycles. The first-order valence-corrected chi connectivity index (χ1v) is 8.10. The number of nitrogens with one attached hydrogen (secondary N) is 1. The fraction of sp³-hybridized carbons (Fsp3) is 0.286. The third-order valence-corrected chi connectivity index (χ3v) is 4.21. The highest BCUT2D eigenvalue weighted by molar-refractivity contribution is 9.10. The zero-order valence-electron chi connectivity index (χ0n) is 11.3. The minimum atomic E-state index is 0.262. The Labute approximate surface area is 140 Å². The van der Waals surface area contributed by atoms with Crippen molar-refractivity contribution in [3.63, 3.8) is 0 Å². The Morgan fingerprint density at radius 1 is 1.15 bits per heavy atom. The second kappa shape index (κ2) is 6.41. The van der Waals surface area contributed by atoms with Crippen LogP contribution < -0.4 is 5.32 Å². The summed E-state index contributed by atoms with van der Waals surface area (Å²) in [4.78, 5) is 8.86. The number of hydrogen-bond donors (Lipinski definition) is 1. The molecule has 0 saturated heterocycles. The van der Waals surface area contributed by atoms with Crippen molar-refractivity contribution in [2.45, 2.75) is 26.7 Å². The van der Waals surface area contributed by atoms with Gasteiger partial charge in [0.1, 0.15) is 16.2 Å². The van der Waals surface area contributed by atoms with E-state index in [1.807, 2.05) is 25.1 Å². The molecule has 0 aliphatic carbocycles. The summed E-state index contributed by atoms with van der Waals surface area (Å²) in [6, 6.07) is 5.70. The number of hydrogen-bond acceptors (Lipinski definition) is 3. The highest BCUT2D eigenvalue weighted by Crippen LogP contribution is 2.31. The molecule has 0 aliphatic rings. The Morgan fingerprint density at radius 2 is 1.85 bits per heavy atom. The second-order valence-corrected chi connectivity index (χ2v) is 6.87. The number of anilines is 2. The minimum absolute atomic E-state index is 0.262. The van der Waals surface area contributed by atoms with Gasteiger partial charge in [-0.25, -0.2) is 9.97 Å². The van der Waals surface area contributed by atoms with Crippen LogP contribution in [0.15, 0.2) is 27.3 Å². The Bertz CT molecular complexity index is 645. The van der Waals surface area contributed by atoms with Gasteiger partial charge in [-0.05, 0) is 56.5 Å². The van der Waals surface area contributed by atoms with Crippen molar-refractivity contribution in [3.05, 3.63) is 43.7 Å². The van der Waals surface area contributed by atoms with E-state index >= 15 is 0 Å². The third kappa shape index (κ3) is 3.71. The van der Waals surface area contributed by atoms with Crippen molar-refractivity contribution in [2.75, 3.05) is 5.32 Å². The summed E-state index contributed by atoms with van der Waals surface area (Å²) in [7, 11) is 0. The molecule has 0 spiro atoms. The largest absolute Gasteiger partial charge is 0.339 e. The quantitative estimate of drug-likeness (QED) is 0.636. The molecule has 2 aromatic rings. The summed E-state index contributed by atoms with van der Waals surface area (Å²) in [5.41, 5.74) is 1.90. The maximum atomic E-state index is 6.16. The molecule has 0 aliphatic heterocycles. The summed E-state index contributed by atoms with van der Waals surface area (Å²) in [5, 5.41) is 3.98. The van der Waals surface area contributed by atoms with Gasteiger partial charge in [0, 0.05) is 21.5 Å². The van der Waals surface area contributed by atoms with Gasteiger partial charge in [-0.2, -0.15) is 0 Å². The van der Waals surface area contributed by atoms with Gasteiger partial charge in [0.05, 0.1) is 5.69 Å². The predicted octanol–water partition coefficient (Wildman–Crippen LogP) is 5.83. The molecular weight excluding hydrogens is 405 g/mol. The van der Waals surface area contributed by atoms with Crippen molar-refractivity contribution < 1.29 is 0 Å². The number of nitrogens with zero attached hydrogens (tertiary/aromatic N) is 2. The van der Waals surface area contributed by atoms with E-state index in [2.05, 4.69) is 61.0 Å². The topological polar surface area (TPSA) is 37.8 Å². The number of aryl methyl sites for hydroxylation is 1. The van der Waals surface area contributed by atoms with Gasteiger partial charge in [-0.3, -0.25) is 0 Å². The lowest BCUT2D eigenvalue weighted by Gasteiger charge is -2.12. The van der Waals surface area contributed by atoms with Crippen LogP contribution in [0.4, 0.5) is 11.5 Å². The van der Waals surface area contributed by atoms with Gasteiger partial charge in [0.25, 0.3) is 0 Å². The van der Waals surface area contributed by atoms with Crippen LogP contribution in [0.25, 0.3) is 0 Å². The molecule has 106 valence electrons. The van der Waals surface area contributed by atoms with Crippen LogP contribution in [0.1, 0.15) is 31.2 Å². The number of halogens is 3. The van der Waals surface area contributed by atoms with Gasteiger partial charge in [-0.1, -0.05) is 25.4 Å². The van der Waals surface area contributed by atoms with E-state index in [9.17, 15) is 0 Å². The van der Waals surface area contributed by atoms with Crippen molar-refractivity contribution in [3.8, 4) is 0 Å². The molecule has 1 aromatic heterocycles. The Kier molecular flexibility index (Phi) is 5.04. The molecule has 0 radical (unpaired) electrons. The van der Waals surface area contributed by atoms with E-state index in [0.29, 0.717) is 5.02 Å². The molecular formula is C14H14Br2ClN3. The molecule has 2 rings (SSSR count). The van der Waals surface area contributed by atoms with Gasteiger partial charge in [0.2, 0.25) is 0 Å². The van der Waals surface area contributed by atoms with E-state index in [1.165, 1.54) is 0 Å². The second-order valence-electron chi connectivity index (χ2n) is 4.80. The number of aromatic nitrogens is 2. The van der Waals surface area contributed by atoms with Gasteiger partial charge in [0.15, 0.2) is 0 Å². The molecule has 1 N–H and O–H groups in total. The van der Waals surface area contributed by atoms with Crippen molar-refractivity contribution in [1.82, 2.24) is 9.97 Å². The average Bonchev–Trinajstić information content (AvgIpc) is 2.35. The van der Waals surface area contributed by atoms with Crippen LogP contribution in [-0.4, -0.2) is 9.97 Å². The standard InChI is InChI=1S/C14H14Br2ClN3/c1-7(2)14-19-12(16)6-13(20-14)18-11-5-10(17)8(3)4-9(11)15/h4-7H,1-3H3,(H,18,19,20). The molecule has 0 bridgehead atoms. The summed E-state index contributed by atoms with van der Waals surface area (Å²) in [6.07, 6.45) is 0. The fourth-order valence-electron chi connectivity index (χ4n) is 1.64. The van der Waals surface area contributed by atoms with Crippen molar-refractivity contribution >= 4 is 55.0 Å². The highest BCUT2D eigenvalue weighted by Gasteiger charge is 2.09. The van der Waals surface area contributed by atoms with Crippen LogP contribution in [-0.2, 0) is 0 Å². The average molecular weight is 420 g/mol. The molecule has 1 aromatic carbocycles. The Hall–Kier alpha value is -0.650. The van der Waals surface area contributed by atoms with E-state index in [-0.39, 0.29) is 5.92 Å². The lowest BCUT2D eigenvalue weighted by molar-refractivity contribution is 0.771. The maximum Gasteiger partial charge on any atom is 0.135 e. The van der Waals surface area contributed by atoms with Gasteiger partial charge in [-0.15, -0.1) is 0 Å². The minimum Gasteiger partial charge on any atom is -0.339 e. The molecule has 0 unspecified atom stereocenters. The lowest BCUT2D eigenvalue weighted by atomic mass is 10.2. The van der Waals surface area contributed by atoms with Crippen molar-refractivity contribution in [2.24, 2.45) is 0 Å². The normalized spacial score (nSPS) is 10.9. The molecule has 20 heavy (non-hydrogen) atoms. The smallest absolute Gasteiger partial charge is 0.135 e. The van der Waals surface area contributed by atoms with E-state index in [0.717, 1.165) is 32.0 Å². The summed E-state index contributed by atoms with van der Waals surface area (Å²) in [6.45, 7) is 6.09. The maximum absolute atomic E-state index is 6.16. The summed E-state index contributed by atoms with van der Waals surface area (Å²) < 4.78 is 1.70. The molecule has 0 atom stereocenters. The third-order valence-electron chi connectivity index (χ3n) is 2.74. The van der Waals surface area contributed by atoms with E-state index in [1.54, 1.807) is 0 Å². The summed E-state index contributed by atoms with van der Waals surface area (Å²) >= 11 is 13.1. The molecule has 0 fully saturated rings. The van der Waals surface area contributed by atoms with Gasteiger partial charge < -0.3 is 5.32 Å². The Morgan fingerprint density at radius 3 is 2.50 bits per heavy atom. The van der Waals surface area contributed by atoms with Crippen LogP contribution in [0.3, 0.4) is 0 Å². The zero-order chi connectivity index (χ0) is 14.9. The van der Waals surface area contributed by atoms with E-state index in [4.69, 9.17) is 11.6 Å². The molecule has 0 amide bonds. The molecule has 6 heteroatoms. The van der Waals surface area contributed by atoms with E-state index < -0.39 is 0 Å². The monoisotopic (exact) mass is 417 g/mol. The number of rotatable bonds is 3. The van der Waals surface area contributed by atoms with Crippen LogP contribution in [0, 0.1) is 6.92 Å². The SMILES string of the molecule is Cc1cc(Br)c(Nc2cc(Br)nc(C(C)C)n2)cc1Cl. The van der Waals surface area contributed by atoms with Crippen LogP contribution in [0.5, 0.6) is 0 Å². The molecule has 0 saturated carbocycles. The lowest BCUT2D eigenvalue weighted by Crippen LogP contribution is -2.02. The summed E-state index contributed by atoms with van der Waals surface area (Å²) in [5.74, 6) is 1.78. The Balaban J connectivity index is 2.37. The first-order chi connectivity index (χ1) is 9.36. The first-order valence-electron chi connectivity index (χ1n) is 6.14. The predicted molar refractivity (Wildman–Crippen MR) is 91.0 cm³/mol. The van der Waals surface area contributed by atoms with Gasteiger partial charge >= 0.3 is 0 Å². The van der Waals surface area contributed by atoms with Crippen LogP contribution in [0.2, 0.25) is 5.02 Å². The van der Waals surface area contributed by atoms with Crippen LogP contribution >= 0.6 is 43.5 Å². The highest BCUT2D eigenvalue weighted by atomic mass is 79.9. The fourth-order valence-corrected chi connectivity index (χ4v) is 2.76. The number of benzene rings is 1.